The highest BCUT2D eigenvalue weighted by atomic mass is 32.1. The van der Waals surface area contributed by atoms with Gasteiger partial charge in [-0.05, 0) is 31.7 Å². The summed E-state index contributed by atoms with van der Waals surface area (Å²) in [6.45, 7) is 4.72. The van der Waals surface area contributed by atoms with Crippen LogP contribution >= 0.6 is 11.3 Å². The number of aliphatic hydroxyl groups excluding tert-OH is 1. The zero-order valence-corrected chi connectivity index (χ0v) is 21.0. The molecule has 0 aliphatic carbocycles. The lowest BCUT2D eigenvalue weighted by Gasteiger charge is -2.14. The zero-order valence-electron chi connectivity index (χ0n) is 20.2. The largest absolute Gasteiger partial charge is 0.453 e. The van der Waals surface area contributed by atoms with Crippen LogP contribution in [0.3, 0.4) is 0 Å². The number of hydrogen-bond donors (Lipinski definition) is 3. The maximum atomic E-state index is 14.8. The maximum Gasteiger partial charge on any atom is 0.319 e. The summed E-state index contributed by atoms with van der Waals surface area (Å²) in [5.74, 6) is -0.0381. The first kappa shape index (κ1) is 25.5. The van der Waals surface area contributed by atoms with Crippen LogP contribution in [0, 0.1) is 5.82 Å². The number of urea groups is 1. The number of aliphatic hydroxyl groups is 1. The van der Waals surface area contributed by atoms with Crippen LogP contribution in [-0.4, -0.2) is 64.1 Å². The van der Waals surface area contributed by atoms with Crippen molar-refractivity contribution in [2.45, 2.75) is 19.9 Å². The molecule has 4 rings (SSSR count). The van der Waals surface area contributed by atoms with Crippen molar-refractivity contribution in [3.8, 4) is 21.9 Å². The molecule has 1 aromatic carbocycles. The molecule has 190 valence electrons. The number of nitrogens with one attached hydrogen (secondary N) is 2. The molecule has 0 spiro atoms. The van der Waals surface area contributed by atoms with E-state index in [2.05, 4.69) is 20.7 Å². The molecule has 9 nitrogen and oxygen atoms in total. The first-order valence-electron chi connectivity index (χ1n) is 11.7. The molecule has 0 bridgehead atoms. The Labute approximate surface area is 212 Å². The van der Waals surface area contributed by atoms with Crippen LogP contribution in [0.25, 0.3) is 20.7 Å². The number of likely N-dealkylation sites (N-methyl/N-ethyl adjacent to an activating group) is 1. The number of hydrogen-bond acceptors (Lipinski definition) is 7. The second kappa shape index (κ2) is 11.9. The van der Waals surface area contributed by atoms with Crippen LogP contribution in [0.2, 0.25) is 0 Å². The predicted octanol–water partition coefficient (Wildman–Crippen LogP) is 4.55. The standard InChI is InChI=1S/C25H29FN6O3S/c1-3-7-28-25(34)30-18-4-5-21(19(26)13-18)35-22-6-8-27-20-14-23(36-24(20)22)17-15-29-32(16-17)10-9-31(2)11-12-33/h4-6,8,13-16,33H,3,7,9-12H2,1-2H3,(H2,28,30,34). The summed E-state index contributed by atoms with van der Waals surface area (Å²) in [5.41, 5.74) is 2.04. The lowest BCUT2D eigenvalue weighted by atomic mass is 10.2. The van der Waals surface area contributed by atoms with Gasteiger partial charge in [-0.2, -0.15) is 5.10 Å². The van der Waals surface area contributed by atoms with E-state index < -0.39 is 5.82 Å². The fourth-order valence-electron chi connectivity index (χ4n) is 3.50. The molecule has 11 heteroatoms. The number of ether oxygens (including phenoxy) is 1. The molecule has 3 N–H and O–H groups in total. The summed E-state index contributed by atoms with van der Waals surface area (Å²) in [6.07, 6.45) is 6.21. The number of carbonyl (C=O) groups is 1. The smallest absolute Gasteiger partial charge is 0.319 e. The Morgan fingerprint density at radius 3 is 2.89 bits per heavy atom. The number of amides is 2. The van der Waals surface area contributed by atoms with E-state index in [-0.39, 0.29) is 18.4 Å². The fraction of sp³-hybridized carbons (Fsp3) is 0.320. The second-order valence-corrected chi connectivity index (χ2v) is 9.33. The van der Waals surface area contributed by atoms with Gasteiger partial charge in [0.15, 0.2) is 11.6 Å². The predicted molar refractivity (Wildman–Crippen MR) is 139 cm³/mol. The van der Waals surface area contributed by atoms with Crippen LogP contribution in [0.15, 0.2) is 48.9 Å². The molecule has 4 aromatic rings. The van der Waals surface area contributed by atoms with Gasteiger partial charge in [-0.15, -0.1) is 11.3 Å². The van der Waals surface area contributed by atoms with Gasteiger partial charge in [0.2, 0.25) is 0 Å². The third kappa shape index (κ3) is 6.36. The highest BCUT2D eigenvalue weighted by Crippen LogP contribution is 2.39. The van der Waals surface area contributed by atoms with Gasteiger partial charge in [-0.25, -0.2) is 9.18 Å². The van der Waals surface area contributed by atoms with E-state index in [4.69, 9.17) is 9.84 Å². The van der Waals surface area contributed by atoms with Gasteiger partial charge in [0.05, 0.1) is 29.6 Å². The van der Waals surface area contributed by atoms with E-state index in [1.165, 1.54) is 23.5 Å². The van der Waals surface area contributed by atoms with E-state index in [1.54, 1.807) is 24.5 Å². The van der Waals surface area contributed by atoms with E-state index >= 15 is 0 Å². The molecule has 0 aliphatic heterocycles. The van der Waals surface area contributed by atoms with Crippen molar-refractivity contribution in [2.75, 3.05) is 38.6 Å². The molecule has 3 aromatic heterocycles. The van der Waals surface area contributed by atoms with Gasteiger partial charge in [0, 0.05) is 60.3 Å². The average molecular weight is 513 g/mol. The minimum Gasteiger partial charge on any atom is -0.453 e. The molecule has 0 aliphatic rings. The quantitative estimate of drug-likeness (QED) is 0.272. The molecule has 0 unspecified atom stereocenters. The van der Waals surface area contributed by atoms with E-state index in [1.807, 2.05) is 35.8 Å². The van der Waals surface area contributed by atoms with Gasteiger partial charge in [-0.3, -0.25) is 9.67 Å². The number of thiophene rings is 1. The molecule has 0 saturated heterocycles. The summed E-state index contributed by atoms with van der Waals surface area (Å²) in [4.78, 5) is 19.3. The van der Waals surface area contributed by atoms with Gasteiger partial charge in [-0.1, -0.05) is 6.92 Å². The maximum absolute atomic E-state index is 14.8. The van der Waals surface area contributed by atoms with Gasteiger partial charge in [0.25, 0.3) is 0 Å². The Bertz CT molecular complexity index is 1320. The number of carbonyl (C=O) groups excluding carboxylic acids is 1. The summed E-state index contributed by atoms with van der Waals surface area (Å²) in [6, 6.07) is 7.59. The van der Waals surface area contributed by atoms with Gasteiger partial charge in [0.1, 0.15) is 5.75 Å². The molecule has 0 atom stereocenters. The Kier molecular flexibility index (Phi) is 8.47. The van der Waals surface area contributed by atoms with Crippen LogP contribution in [-0.2, 0) is 6.54 Å². The number of nitrogens with zero attached hydrogens (tertiary/aromatic N) is 4. The SMILES string of the molecule is CCCNC(=O)Nc1ccc(Oc2ccnc3cc(-c4cnn(CCN(C)CCO)c4)sc23)c(F)c1. The first-order chi connectivity index (χ1) is 17.5. The minimum atomic E-state index is -0.586. The number of benzene rings is 1. The topological polar surface area (TPSA) is 105 Å². The normalized spacial score (nSPS) is 11.2. The van der Waals surface area contributed by atoms with Gasteiger partial charge < -0.3 is 25.4 Å². The Hall–Kier alpha value is -3.54. The second-order valence-electron chi connectivity index (χ2n) is 8.28. The van der Waals surface area contributed by atoms with Crippen LogP contribution in [0.1, 0.15) is 13.3 Å². The minimum absolute atomic E-state index is 0.0526. The third-order valence-corrected chi connectivity index (χ3v) is 6.62. The molecule has 0 radical (unpaired) electrons. The molecular formula is C25H29FN6O3S. The molecular weight excluding hydrogens is 483 g/mol. The molecule has 0 fully saturated rings. The molecule has 2 amide bonds. The number of fused-ring (bicyclic) bond motifs is 1. The molecule has 36 heavy (non-hydrogen) atoms. The average Bonchev–Trinajstić information content (AvgIpc) is 3.51. The Balaban J connectivity index is 1.48. The van der Waals surface area contributed by atoms with Crippen molar-refractivity contribution in [1.82, 2.24) is 25.0 Å². The van der Waals surface area contributed by atoms with Crippen molar-refractivity contribution >= 4 is 33.3 Å². The third-order valence-electron chi connectivity index (χ3n) is 5.43. The van der Waals surface area contributed by atoms with E-state index in [9.17, 15) is 9.18 Å². The summed E-state index contributed by atoms with van der Waals surface area (Å²) in [7, 11) is 1.96. The summed E-state index contributed by atoms with van der Waals surface area (Å²) < 4.78 is 23.3. The zero-order chi connectivity index (χ0) is 25.5. The Morgan fingerprint density at radius 1 is 1.25 bits per heavy atom. The van der Waals surface area contributed by atoms with Crippen molar-refractivity contribution < 1.29 is 19.0 Å². The number of pyridine rings is 1. The number of aromatic nitrogens is 3. The number of rotatable bonds is 11. The summed E-state index contributed by atoms with van der Waals surface area (Å²) in [5, 5.41) is 18.8. The van der Waals surface area contributed by atoms with Crippen molar-refractivity contribution in [3.05, 3.63) is 54.7 Å². The molecule has 3 heterocycles. The van der Waals surface area contributed by atoms with Crippen molar-refractivity contribution in [1.29, 1.82) is 0 Å². The lowest BCUT2D eigenvalue weighted by molar-refractivity contribution is 0.215. The van der Waals surface area contributed by atoms with E-state index in [0.29, 0.717) is 31.1 Å². The fourth-order valence-corrected chi connectivity index (χ4v) is 4.54. The van der Waals surface area contributed by atoms with Crippen LogP contribution < -0.4 is 15.4 Å². The first-order valence-corrected chi connectivity index (χ1v) is 12.5. The van der Waals surface area contributed by atoms with E-state index in [0.717, 1.165) is 33.6 Å². The summed E-state index contributed by atoms with van der Waals surface area (Å²) >= 11 is 1.50. The monoisotopic (exact) mass is 512 g/mol. The van der Waals surface area contributed by atoms with Crippen molar-refractivity contribution in [2.24, 2.45) is 0 Å². The highest BCUT2D eigenvalue weighted by Gasteiger charge is 2.14. The van der Waals surface area contributed by atoms with Crippen LogP contribution in [0.5, 0.6) is 11.5 Å². The van der Waals surface area contributed by atoms with Gasteiger partial charge >= 0.3 is 6.03 Å². The van der Waals surface area contributed by atoms with Crippen molar-refractivity contribution in [3.63, 3.8) is 0 Å². The number of halogens is 1. The lowest BCUT2D eigenvalue weighted by Crippen LogP contribution is -2.29. The molecule has 0 saturated carbocycles. The highest BCUT2D eigenvalue weighted by molar-refractivity contribution is 7.22. The Morgan fingerprint density at radius 2 is 2.11 bits per heavy atom. The number of anilines is 1. The van der Waals surface area contributed by atoms with Crippen LogP contribution in [0.4, 0.5) is 14.9 Å².